The molecule has 0 aliphatic carbocycles. The van der Waals surface area contributed by atoms with Gasteiger partial charge >= 0.3 is 0 Å². The number of hydrogen-bond donors (Lipinski definition) is 0. The van der Waals surface area contributed by atoms with Crippen LogP contribution in [0.1, 0.15) is 24.1 Å². The lowest BCUT2D eigenvalue weighted by atomic mass is 9.84. The van der Waals surface area contributed by atoms with E-state index in [1.807, 2.05) is 54.6 Å². The first-order valence-electron chi connectivity index (χ1n) is 6.67. The van der Waals surface area contributed by atoms with Crippen molar-refractivity contribution in [3.05, 3.63) is 108 Å². The van der Waals surface area contributed by atoms with Crippen LogP contribution in [0.25, 0.3) is 0 Å². The van der Waals surface area contributed by atoms with E-state index in [2.05, 4.69) is 36.4 Å². The molecular formula is C20H19Cl. The van der Waals surface area contributed by atoms with Gasteiger partial charge in [0.25, 0.3) is 0 Å². The number of rotatable bonds is 3. The first-order chi connectivity index (χ1) is 9.82. The van der Waals surface area contributed by atoms with E-state index in [4.69, 9.17) is 11.6 Å². The summed E-state index contributed by atoms with van der Waals surface area (Å²) in [6, 6.07) is 30.6. The van der Waals surface area contributed by atoms with Crippen molar-refractivity contribution in [2.24, 2.45) is 0 Å². The van der Waals surface area contributed by atoms with Gasteiger partial charge in [0.2, 0.25) is 0 Å². The summed E-state index contributed by atoms with van der Waals surface area (Å²) in [7, 11) is 0. The van der Waals surface area contributed by atoms with E-state index in [9.17, 15) is 0 Å². The Hall–Kier alpha value is -2.05. The molecule has 0 atom stereocenters. The van der Waals surface area contributed by atoms with Gasteiger partial charge in [-0.1, -0.05) is 98.4 Å². The van der Waals surface area contributed by atoms with Gasteiger partial charge in [-0.3, -0.25) is 0 Å². The van der Waals surface area contributed by atoms with Crippen molar-refractivity contribution in [3.63, 3.8) is 0 Å². The van der Waals surface area contributed by atoms with E-state index in [-0.39, 0.29) is 7.43 Å². The predicted molar refractivity (Wildman–Crippen MR) is 91.8 cm³/mol. The number of hydrogen-bond acceptors (Lipinski definition) is 0. The first kappa shape index (κ1) is 15.3. The SMILES string of the molecule is C.ClC(c1ccccc1)(c1ccccc1)c1ccccc1. The summed E-state index contributed by atoms with van der Waals surface area (Å²) in [5, 5.41) is 0. The predicted octanol–water partition coefficient (Wildman–Crippen LogP) is 5.85. The molecule has 0 radical (unpaired) electrons. The Labute approximate surface area is 132 Å². The van der Waals surface area contributed by atoms with Gasteiger partial charge in [-0.2, -0.15) is 0 Å². The Bertz CT molecular complexity index is 563. The van der Waals surface area contributed by atoms with Crippen LogP contribution in [0.15, 0.2) is 91.0 Å². The summed E-state index contributed by atoms with van der Waals surface area (Å²) < 4.78 is 0. The maximum Gasteiger partial charge on any atom is 0.119 e. The van der Waals surface area contributed by atoms with Crippen molar-refractivity contribution in [3.8, 4) is 0 Å². The molecule has 3 rings (SSSR count). The van der Waals surface area contributed by atoms with Crippen molar-refractivity contribution >= 4 is 11.6 Å². The average molecular weight is 295 g/mol. The Kier molecular flexibility index (Phi) is 4.82. The van der Waals surface area contributed by atoms with Gasteiger partial charge in [-0.25, -0.2) is 0 Å². The summed E-state index contributed by atoms with van der Waals surface area (Å²) >= 11 is 7.12. The van der Waals surface area contributed by atoms with Crippen LogP contribution >= 0.6 is 11.6 Å². The van der Waals surface area contributed by atoms with Crippen molar-refractivity contribution < 1.29 is 0 Å². The zero-order valence-corrected chi connectivity index (χ0v) is 11.8. The number of halogens is 1. The van der Waals surface area contributed by atoms with Gasteiger partial charge in [0, 0.05) is 0 Å². The van der Waals surface area contributed by atoms with Gasteiger partial charge in [0.15, 0.2) is 0 Å². The molecule has 3 aromatic rings. The van der Waals surface area contributed by atoms with Crippen LogP contribution in [-0.2, 0) is 4.87 Å². The molecule has 0 saturated heterocycles. The van der Waals surface area contributed by atoms with Crippen LogP contribution < -0.4 is 0 Å². The molecule has 3 aromatic carbocycles. The Balaban J connectivity index is 0.00000161. The highest BCUT2D eigenvalue weighted by molar-refractivity contribution is 6.28. The normalized spacial score (nSPS) is 10.7. The largest absolute Gasteiger partial charge is 0.119 e. The molecule has 0 amide bonds. The van der Waals surface area contributed by atoms with Crippen molar-refractivity contribution in [1.29, 1.82) is 0 Å². The fraction of sp³-hybridized carbons (Fsp3) is 0.100. The molecule has 0 N–H and O–H groups in total. The minimum absolute atomic E-state index is 0. The van der Waals surface area contributed by atoms with Crippen LogP contribution in [-0.4, -0.2) is 0 Å². The third-order valence-corrected chi connectivity index (χ3v) is 4.17. The van der Waals surface area contributed by atoms with Crippen LogP contribution in [0.5, 0.6) is 0 Å². The highest BCUT2D eigenvalue weighted by Gasteiger charge is 2.33. The smallest absolute Gasteiger partial charge is 0.104 e. The minimum atomic E-state index is -0.649. The molecule has 0 heterocycles. The lowest BCUT2D eigenvalue weighted by Crippen LogP contribution is -2.22. The molecular weight excluding hydrogens is 276 g/mol. The first-order valence-corrected chi connectivity index (χ1v) is 7.05. The number of benzene rings is 3. The van der Waals surface area contributed by atoms with Crippen LogP contribution in [0.2, 0.25) is 0 Å². The lowest BCUT2D eigenvalue weighted by Gasteiger charge is -2.29. The van der Waals surface area contributed by atoms with Crippen molar-refractivity contribution in [2.75, 3.05) is 0 Å². The zero-order valence-electron chi connectivity index (χ0n) is 11.0. The van der Waals surface area contributed by atoms with E-state index in [0.717, 1.165) is 16.7 Å². The monoisotopic (exact) mass is 294 g/mol. The molecule has 1 heteroatoms. The van der Waals surface area contributed by atoms with E-state index in [1.54, 1.807) is 0 Å². The Morgan fingerprint density at radius 3 is 0.952 bits per heavy atom. The lowest BCUT2D eigenvalue weighted by molar-refractivity contribution is 0.879. The second-order valence-corrected chi connectivity index (χ2v) is 5.32. The van der Waals surface area contributed by atoms with Crippen molar-refractivity contribution in [2.45, 2.75) is 12.3 Å². The second kappa shape index (κ2) is 6.60. The summed E-state index contributed by atoms with van der Waals surface area (Å²) in [5.41, 5.74) is 3.25. The zero-order chi connectivity index (χ0) is 13.8. The molecule has 0 saturated carbocycles. The third-order valence-electron chi connectivity index (χ3n) is 3.51. The van der Waals surface area contributed by atoms with Crippen LogP contribution in [0.4, 0.5) is 0 Å². The third kappa shape index (κ3) is 2.86. The highest BCUT2D eigenvalue weighted by atomic mass is 35.5. The molecule has 0 unspecified atom stereocenters. The van der Waals surface area contributed by atoms with Gasteiger partial charge in [-0.15, -0.1) is 11.6 Å². The van der Waals surface area contributed by atoms with Gasteiger partial charge in [0.05, 0.1) is 0 Å². The summed E-state index contributed by atoms with van der Waals surface area (Å²) in [5.74, 6) is 0. The quantitative estimate of drug-likeness (QED) is 0.419. The van der Waals surface area contributed by atoms with Crippen LogP contribution in [0.3, 0.4) is 0 Å². The standard InChI is InChI=1S/C19H15Cl.CH4/c20-19(16-10-4-1-5-11-16,17-12-6-2-7-13-17)18-14-8-3-9-15-18;/h1-15H;1H4. The molecule has 0 aliphatic heterocycles. The second-order valence-electron chi connectivity index (χ2n) is 4.76. The summed E-state index contributed by atoms with van der Waals surface area (Å²) in [6.45, 7) is 0. The highest BCUT2D eigenvalue weighted by Crippen LogP contribution is 2.42. The van der Waals surface area contributed by atoms with E-state index in [1.165, 1.54) is 0 Å². The molecule has 21 heavy (non-hydrogen) atoms. The van der Waals surface area contributed by atoms with E-state index in [0.29, 0.717) is 0 Å². The maximum atomic E-state index is 7.12. The molecule has 106 valence electrons. The maximum absolute atomic E-state index is 7.12. The molecule has 0 spiro atoms. The molecule has 0 aliphatic rings. The topological polar surface area (TPSA) is 0 Å². The number of alkyl halides is 1. The van der Waals surface area contributed by atoms with Crippen LogP contribution in [0, 0.1) is 0 Å². The summed E-state index contributed by atoms with van der Waals surface area (Å²) in [4.78, 5) is -0.649. The molecule has 0 fully saturated rings. The van der Waals surface area contributed by atoms with Crippen molar-refractivity contribution in [1.82, 2.24) is 0 Å². The van der Waals surface area contributed by atoms with Gasteiger partial charge in [-0.05, 0) is 16.7 Å². The summed E-state index contributed by atoms with van der Waals surface area (Å²) in [6.07, 6.45) is 0. The Morgan fingerprint density at radius 2 is 0.714 bits per heavy atom. The van der Waals surface area contributed by atoms with Gasteiger partial charge in [0.1, 0.15) is 4.87 Å². The fourth-order valence-electron chi connectivity index (χ4n) is 2.50. The van der Waals surface area contributed by atoms with Gasteiger partial charge < -0.3 is 0 Å². The molecule has 0 aromatic heterocycles. The minimum Gasteiger partial charge on any atom is -0.104 e. The van der Waals surface area contributed by atoms with E-state index >= 15 is 0 Å². The fourth-order valence-corrected chi connectivity index (χ4v) is 2.88. The Morgan fingerprint density at radius 1 is 0.476 bits per heavy atom. The molecule has 0 bridgehead atoms. The van der Waals surface area contributed by atoms with E-state index < -0.39 is 4.87 Å². The molecule has 0 nitrogen and oxygen atoms in total. The average Bonchev–Trinajstić information content (AvgIpc) is 2.56.